The van der Waals surface area contributed by atoms with Gasteiger partial charge < -0.3 is 15.2 Å². The molecule has 0 saturated carbocycles. The molecule has 0 unspecified atom stereocenters. The number of anilines is 1. The maximum atomic E-state index is 6.05. The second-order valence-electron chi connectivity index (χ2n) is 5.23. The summed E-state index contributed by atoms with van der Waals surface area (Å²) in [7, 11) is 0. The van der Waals surface area contributed by atoms with E-state index in [4.69, 9.17) is 21.9 Å². The molecule has 1 aromatic carbocycles. The van der Waals surface area contributed by atoms with Crippen LogP contribution in [0, 0.1) is 0 Å². The Bertz CT molecular complexity index is 593. The maximum Gasteiger partial charge on any atom is 0.151 e. The zero-order chi connectivity index (χ0) is 14.7. The van der Waals surface area contributed by atoms with Gasteiger partial charge in [0, 0.05) is 49.5 Å². The molecule has 0 atom stereocenters. The SMILES string of the molecule is NCc1cc(CN2CCN(c3cccc(Cl)c3)CC2)on1. The van der Waals surface area contributed by atoms with E-state index in [0.717, 1.165) is 49.2 Å². The second kappa shape index (κ2) is 6.47. The number of halogens is 1. The summed E-state index contributed by atoms with van der Waals surface area (Å²) in [4.78, 5) is 4.72. The average molecular weight is 307 g/mol. The van der Waals surface area contributed by atoms with Crippen LogP contribution in [0.2, 0.25) is 5.02 Å². The van der Waals surface area contributed by atoms with Gasteiger partial charge in [-0.3, -0.25) is 4.90 Å². The third kappa shape index (κ3) is 3.56. The molecule has 2 heterocycles. The van der Waals surface area contributed by atoms with E-state index in [1.165, 1.54) is 5.69 Å². The van der Waals surface area contributed by atoms with Gasteiger partial charge in [-0.15, -0.1) is 0 Å². The van der Waals surface area contributed by atoms with E-state index in [9.17, 15) is 0 Å². The molecule has 21 heavy (non-hydrogen) atoms. The van der Waals surface area contributed by atoms with Crippen molar-refractivity contribution in [1.82, 2.24) is 10.1 Å². The fourth-order valence-corrected chi connectivity index (χ4v) is 2.77. The van der Waals surface area contributed by atoms with Crippen molar-refractivity contribution >= 4 is 17.3 Å². The largest absolute Gasteiger partial charge is 0.369 e. The van der Waals surface area contributed by atoms with Crippen LogP contribution in [-0.4, -0.2) is 36.2 Å². The summed E-state index contributed by atoms with van der Waals surface area (Å²) in [6.45, 7) is 5.16. The molecule has 3 rings (SSSR count). The summed E-state index contributed by atoms with van der Waals surface area (Å²) in [5, 5.41) is 4.70. The first-order chi connectivity index (χ1) is 10.2. The van der Waals surface area contributed by atoms with Crippen LogP contribution < -0.4 is 10.6 Å². The van der Waals surface area contributed by atoms with Crippen LogP contribution in [0.4, 0.5) is 5.69 Å². The molecule has 1 fully saturated rings. The number of hydrogen-bond donors (Lipinski definition) is 1. The third-order valence-corrected chi connectivity index (χ3v) is 3.98. The smallest absolute Gasteiger partial charge is 0.151 e. The lowest BCUT2D eigenvalue weighted by Gasteiger charge is -2.35. The van der Waals surface area contributed by atoms with Gasteiger partial charge in [0.05, 0.1) is 12.2 Å². The second-order valence-corrected chi connectivity index (χ2v) is 5.67. The number of nitrogens with two attached hydrogens (primary N) is 1. The van der Waals surface area contributed by atoms with Crippen LogP contribution in [0.25, 0.3) is 0 Å². The van der Waals surface area contributed by atoms with Crippen molar-refractivity contribution < 1.29 is 4.52 Å². The molecule has 0 aliphatic carbocycles. The molecule has 6 heteroatoms. The number of benzene rings is 1. The maximum absolute atomic E-state index is 6.05. The standard InChI is InChI=1S/C15H19ClN4O/c16-12-2-1-3-14(8-12)20-6-4-19(5-7-20)11-15-9-13(10-17)18-21-15/h1-3,8-9H,4-7,10-11,17H2. The molecule has 1 aliphatic rings. The van der Waals surface area contributed by atoms with Gasteiger partial charge in [-0.25, -0.2) is 0 Å². The van der Waals surface area contributed by atoms with Crippen molar-refractivity contribution in [1.29, 1.82) is 0 Å². The van der Waals surface area contributed by atoms with E-state index in [1.807, 2.05) is 24.3 Å². The molecule has 1 aliphatic heterocycles. The molecule has 0 radical (unpaired) electrons. The van der Waals surface area contributed by atoms with Crippen molar-refractivity contribution in [3.05, 3.63) is 46.8 Å². The van der Waals surface area contributed by atoms with E-state index in [2.05, 4.69) is 21.0 Å². The van der Waals surface area contributed by atoms with Gasteiger partial charge in [-0.05, 0) is 18.2 Å². The van der Waals surface area contributed by atoms with Crippen LogP contribution >= 0.6 is 11.6 Å². The molecule has 1 saturated heterocycles. The zero-order valence-electron chi connectivity index (χ0n) is 11.8. The van der Waals surface area contributed by atoms with Crippen LogP contribution in [0.5, 0.6) is 0 Å². The Labute approximate surface area is 129 Å². The average Bonchev–Trinajstić information content (AvgIpc) is 2.96. The van der Waals surface area contributed by atoms with E-state index >= 15 is 0 Å². The monoisotopic (exact) mass is 306 g/mol. The highest BCUT2D eigenvalue weighted by Gasteiger charge is 2.18. The summed E-state index contributed by atoms with van der Waals surface area (Å²) in [6, 6.07) is 9.95. The molecule has 2 aromatic rings. The van der Waals surface area contributed by atoms with Gasteiger partial charge in [-0.1, -0.05) is 22.8 Å². The summed E-state index contributed by atoms with van der Waals surface area (Å²) in [5.41, 5.74) is 7.53. The molecule has 0 bridgehead atoms. The Balaban J connectivity index is 1.55. The summed E-state index contributed by atoms with van der Waals surface area (Å²) in [5.74, 6) is 0.881. The van der Waals surface area contributed by atoms with Crippen LogP contribution in [0.15, 0.2) is 34.9 Å². The molecule has 1 aromatic heterocycles. The highest BCUT2D eigenvalue weighted by atomic mass is 35.5. The van der Waals surface area contributed by atoms with E-state index < -0.39 is 0 Å². The number of piperazine rings is 1. The van der Waals surface area contributed by atoms with Gasteiger partial charge in [0.2, 0.25) is 0 Å². The Morgan fingerprint density at radius 1 is 1.19 bits per heavy atom. The lowest BCUT2D eigenvalue weighted by atomic mass is 10.2. The van der Waals surface area contributed by atoms with E-state index in [-0.39, 0.29) is 0 Å². The highest BCUT2D eigenvalue weighted by molar-refractivity contribution is 6.30. The van der Waals surface area contributed by atoms with E-state index in [0.29, 0.717) is 6.54 Å². The van der Waals surface area contributed by atoms with Crippen LogP contribution in [-0.2, 0) is 13.1 Å². The normalized spacial score (nSPS) is 16.4. The lowest BCUT2D eigenvalue weighted by molar-refractivity contribution is 0.219. The molecule has 2 N–H and O–H groups in total. The quantitative estimate of drug-likeness (QED) is 0.937. The highest BCUT2D eigenvalue weighted by Crippen LogP contribution is 2.21. The fraction of sp³-hybridized carbons (Fsp3) is 0.400. The topological polar surface area (TPSA) is 58.5 Å². The Morgan fingerprint density at radius 2 is 2.00 bits per heavy atom. The van der Waals surface area contributed by atoms with Gasteiger partial charge in [-0.2, -0.15) is 0 Å². The van der Waals surface area contributed by atoms with Gasteiger partial charge in [0.15, 0.2) is 5.76 Å². The van der Waals surface area contributed by atoms with Crippen molar-refractivity contribution in [2.24, 2.45) is 5.73 Å². The van der Waals surface area contributed by atoms with Crippen molar-refractivity contribution in [3.8, 4) is 0 Å². The van der Waals surface area contributed by atoms with Gasteiger partial charge in [0.1, 0.15) is 0 Å². The van der Waals surface area contributed by atoms with Gasteiger partial charge >= 0.3 is 0 Å². The van der Waals surface area contributed by atoms with Crippen LogP contribution in [0.3, 0.4) is 0 Å². The molecular formula is C15H19ClN4O. The summed E-state index contributed by atoms with van der Waals surface area (Å²) < 4.78 is 5.28. The number of hydrogen-bond acceptors (Lipinski definition) is 5. The first kappa shape index (κ1) is 14.4. The minimum absolute atomic E-state index is 0.423. The predicted octanol–water partition coefficient (Wildman–Crippen LogP) is 2.11. The Kier molecular flexibility index (Phi) is 4.43. The molecule has 0 amide bonds. The lowest BCUT2D eigenvalue weighted by Crippen LogP contribution is -2.45. The third-order valence-electron chi connectivity index (χ3n) is 3.74. The fourth-order valence-electron chi connectivity index (χ4n) is 2.58. The molecule has 5 nitrogen and oxygen atoms in total. The Morgan fingerprint density at radius 3 is 2.67 bits per heavy atom. The minimum Gasteiger partial charge on any atom is -0.369 e. The first-order valence-corrected chi connectivity index (χ1v) is 7.50. The van der Waals surface area contributed by atoms with Crippen LogP contribution in [0.1, 0.15) is 11.5 Å². The first-order valence-electron chi connectivity index (χ1n) is 7.12. The number of aromatic nitrogens is 1. The summed E-state index contributed by atoms with van der Waals surface area (Å²) in [6.07, 6.45) is 0. The number of rotatable bonds is 4. The summed E-state index contributed by atoms with van der Waals surface area (Å²) >= 11 is 6.05. The van der Waals surface area contributed by atoms with Crippen molar-refractivity contribution in [2.45, 2.75) is 13.1 Å². The molecule has 0 spiro atoms. The molecular weight excluding hydrogens is 288 g/mol. The Hall–Kier alpha value is -1.56. The van der Waals surface area contributed by atoms with Gasteiger partial charge in [0.25, 0.3) is 0 Å². The predicted molar refractivity (Wildman–Crippen MR) is 83.3 cm³/mol. The molecule has 112 valence electrons. The van der Waals surface area contributed by atoms with E-state index in [1.54, 1.807) is 0 Å². The van der Waals surface area contributed by atoms with Crippen molar-refractivity contribution in [2.75, 3.05) is 31.1 Å². The van der Waals surface area contributed by atoms with Crippen molar-refractivity contribution in [3.63, 3.8) is 0 Å². The number of nitrogens with zero attached hydrogens (tertiary/aromatic N) is 3. The zero-order valence-corrected chi connectivity index (χ0v) is 12.6. The minimum atomic E-state index is 0.423.